The molecule has 1 N–H and O–H groups in total. The van der Waals surface area contributed by atoms with E-state index in [1.165, 1.54) is 14.2 Å². The van der Waals surface area contributed by atoms with E-state index in [1.54, 1.807) is 42.5 Å². The van der Waals surface area contributed by atoms with Gasteiger partial charge in [0.05, 0.1) is 26.5 Å². The minimum absolute atomic E-state index is 0.316. The molecule has 0 bridgehead atoms. The SMILES string of the molecule is CCOc1ccc(OCC(=O)OCC(=O)Nc2cc(OC)ccc2OC)cc1. The first kappa shape index (κ1) is 20.9. The Morgan fingerprint density at radius 3 is 2.11 bits per heavy atom. The molecule has 28 heavy (non-hydrogen) atoms. The first-order chi connectivity index (χ1) is 13.5. The van der Waals surface area contributed by atoms with Gasteiger partial charge in [0.1, 0.15) is 23.0 Å². The number of hydrogen-bond donors (Lipinski definition) is 1. The highest BCUT2D eigenvalue weighted by atomic mass is 16.6. The van der Waals surface area contributed by atoms with Crippen molar-refractivity contribution < 1.29 is 33.3 Å². The van der Waals surface area contributed by atoms with Gasteiger partial charge in [-0.15, -0.1) is 0 Å². The Morgan fingerprint density at radius 2 is 1.50 bits per heavy atom. The van der Waals surface area contributed by atoms with E-state index in [0.29, 0.717) is 35.3 Å². The van der Waals surface area contributed by atoms with Gasteiger partial charge in [-0.25, -0.2) is 4.79 Å². The Bertz CT molecular complexity index is 790. The van der Waals surface area contributed by atoms with Crippen molar-refractivity contribution in [2.75, 3.05) is 39.4 Å². The average Bonchev–Trinajstić information content (AvgIpc) is 2.72. The molecule has 0 radical (unpaired) electrons. The van der Waals surface area contributed by atoms with Gasteiger partial charge in [0.25, 0.3) is 5.91 Å². The highest BCUT2D eigenvalue weighted by Gasteiger charge is 2.12. The number of methoxy groups -OCH3 is 2. The number of hydrogen-bond acceptors (Lipinski definition) is 7. The summed E-state index contributed by atoms with van der Waals surface area (Å²) in [6.45, 7) is 1.69. The summed E-state index contributed by atoms with van der Waals surface area (Å²) in [7, 11) is 3.00. The van der Waals surface area contributed by atoms with Crippen molar-refractivity contribution in [1.82, 2.24) is 0 Å². The Labute approximate surface area is 163 Å². The van der Waals surface area contributed by atoms with Crippen LogP contribution in [0.15, 0.2) is 42.5 Å². The maximum atomic E-state index is 12.0. The molecule has 0 aromatic heterocycles. The van der Waals surface area contributed by atoms with E-state index < -0.39 is 18.5 Å². The lowest BCUT2D eigenvalue weighted by Gasteiger charge is -2.12. The molecule has 1 amide bonds. The topological polar surface area (TPSA) is 92.3 Å². The smallest absolute Gasteiger partial charge is 0.344 e. The van der Waals surface area contributed by atoms with Gasteiger partial charge in [0.15, 0.2) is 13.2 Å². The number of carbonyl (C=O) groups is 2. The molecule has 0 aliphatic rings. The van der Waals surface area contributed by atoms with Crippen molar-refractivity contribution in [2.45, 2.75) is 6.92 Å². The lowest BCUT2D eigenvalue weighted by molar-refractivity contribution is -0.149. The number of ether oxygens (including phenoxy) is 5. The fourth-order valence-electron chi connectivity index (χ4n) is 2.23. The normalized spacial score (nSPS) is 9.96. The summed E-state index contributed by atoms with van der Waals surface area (Å²) in [6.07, 6.45) is 0. The standard InChI is InChI=1S/C20H23NO7/c1-4-26-14-5-7-15(8-6-14)27-13-20(23)28-12-19(22)21-17-11-16(24-2)9-10-18(17)25-3/h5-11H,4,12-13H2,1-3H3,(H,21,22). The molecule has 0 unspecified atom stereocenters. The molecule has 0 fully saturated rings. The quantitative estimate of drug-likeness (QED) is 0.625. The van der Waals surface area contributed by atoms with Gasteiger partial charge in [0.2, 0.25) is 0 Å². The van der Waals surface area contributed by atoms with Crippen molar-refractivity contribution in [2.24, 2.45) is 0 Å². The molecule has 0 atom stereocenters. The predicted octanol–water partition coefficient (Wildman–Crippen LogP) is 2.66. The molecule has 0 heterocycles. The molecule has 8 nitrogen and oxygen atoms in total. The monoisotopic (exact) mass is 389 g/mol. The van der Waals surface area contributed by atoms with Crippen LogP contribution in [0.1, 0.15) is 6.92 Å². The minimum atomic E-state index is -0.665. The fraction of sp³-hybridized carbons (Fsp3) is 0.300. The number of benzene rings is 2. The van der Waals surface area contributed by atoms with Crippen LogP contribution in [0.3, 0.4) is 0 Å². The van der Waals surface area contributed by atoms with Gasteiger partial charge in [-0.3, -0.25) is 4.79 Å². The molecule has 0 saturated carbocycles. The van der Waals surface area contributed by atoms with Crippen LogP contribution in [-0.2, 0) is 14.3 Å². The van der Waals surface area contributed by atoms with Crippen LogP contribution in [0.5, 0.6) is 23.0 Å². The number of carbonyl (C=O) groups excluding carboxylic acids is 2. The highest BCUT2D eigenvalue weighted by molar-refractivity contribution is 5.94. The maximum Gasteiger partial charge on any atom is 0.344 e. The van der Waals surface area contributed by atoms with Crippen LogP contribution in [-0.4, -0.2) is 45.9 Å². The zero-order chi connectivity index (χ0) is 20.4. The summed E-state index contributed by atoms with van der Waals surface area (Å²) < 4.78 is 25.8. The molecule has 0 aliphatic heterocycles. The van der Waals surface area contributed by atoms with Gasteiger partial charge in [0, 0.05) is 6.07 Å². The summed E-state index contributed by atoms with van der Waals surface area (Å²) in [6, 6.07) is 11.8. The minimum Gasteiger partial charge on any atom is -0.497 e. The molecule has 0 spiro atoms. The van der Waals surface area contributed by atoms with Gasteiger partial charge in [-0.05, 0) is 43.3 Å². The predicted molar refractivity (Wildman–Crippen MR) is 102 cm³/mol. The van der Waals surface area contributed by atoms with E-state index in [2.05, 4.69) is 5.32 Å². The van der Waals surface area contributed by atoms with E-state index in [4.69, 9.17) is 23.7 Å². The van der Waals surface area contributed by atoms with Crippen molar-refractivity contribution in [3.63, 3.8) is 0 Å². The molecule has 8 heteroatoms. The van der Waals surface area contributed by atoms with Crippen LogP contribution >= 0.6 is 0 Å². The van der Waals surface area contributed by atoms with Gasteiger partial charge in [-0.2, -0.15) is 0 Å². The molecular formula is C20H23NO7. The first-order valence-electron chi connectivity index (χ1n) is 8.59. The van der Waals surface area contributed by atoms with Crippen molar-refractivity contribution in [1.29, 1.82) is 0 Å². The van der Waals surface area contributed by atoms with Crippen LogP contribution in [0.4, 0.5) is 5.69 Å². The molecule has 2 rings (SSSR count). The van der Waals surface area contributed by atoms with E-state index in [1.807, 2.05) is 6.92 Å². The Morgan fingerprint density at radius 1 is 0.857 bits per heavy atom. The van der Waals surface area contributed by atoms with Crippen LogP contribution in [0.25, 0.3) is 0 Å². The second kappa shape index (κ2) is 10.7. The number of nitrogens with one attached hydrogen (secondary N) is 1. The lowest BCUT2D eigenvalue weighted by atomic mass is 10.2. The average molecular weight is 389 g/mol. The number of anilines is 1. The summed E-state index contributed by atoms with van der Waals surface area (Å²) in [4.78, 5) is 23.8. The molecule has 0 saturated heterocycles. The number of amides is 1. The number of rotatable bonds is 10. The number of esters is 1. The summed E-state index contributed by atoms with van der Waals surface area (Å²) in [5.74, 6) is 1.03. The van der Waals surface area contributed by atoms with Gasteiger partial charge in [-0.1, -0.05) is 0 Å². The van der Waals surface area contributed by atoms with Crippen LogP contribution in [0.2, 0.25) is 0 Å². The van der Waals surface area contributed by atoms with E-state index in [9.17, 15) is 9.59 Å². The van der Waals surface area contributed by atoms with Gasteiger partial charge >= 0.3 is 5.97 Å². The van der Waals surface area contributed by atoms with Crippen molar-refractivity contribution in [3.8, 4) is 23.0 Å². The van der Waals surface area contributed by atoms with Gasteiger partial charge < -0.3 is 29.0 Å². The lowest BCUT2D eigenvalue weighted by Crippen LogP contribution is -2.23. The Kier molecular flexibility index (Phi) is 7.95. The van der Waals surface area contributed by atoms with Crippen LogP contribution in [0, 0.1) is 0 Å². The first-order valence-corrected chi connectivity index (χ1v) is 8.59. The molecule has 2 aromatic carbocycles. The Balaban J connectivity index is 1.78. The maximum absolute atomic E-state index is 12.0. The second-order valence-corrected chi connectivity index (χ2v) is 5.47. The summed E-state index contributed by atoms with van der Waals surface area (Å²) >= 11 is 0. The largest absolute Gasteiger partial charge is 0.497 e. The molecular weight excluding hydrogens is 366 g/mol. The summed E-state index contributed by atoms with van der Waals surface area (Å²) in [5, 5.41) is 2.61. The third-order valence-electron chi connectivity index (χ3n) is 3.54. The van der Waals surface area contributed by atoms with Crippen molar-refractivity contribution >= 4 is 17.6 Å². The molecule has 150 valence electrons. The fourth-order valence-corrected chi connectivity index (χ4v) is 2.23. The third kappa shape index (κ3) is 6.39. The van der Waals surface area contributed by atoms with E-state index in [-0.39, 0.29) is 6.61 Å². The summed E-state index contributed by atoms with van der Waals surface area (Å²) in [5.41, 5.74) is 0.411. The zero-order valence-corrected chi connectivity index (χ0v) is 16.0. The van der Waals surface area contributed by atoms with E-state index >= 15 is 0 Å². The third-order valence-corrected chi connectivity index (χ3v) is 3.54. The highest BCUT2D eigenvalue weighted by Crippen LogP contribution is 2.28. The zero-order valence-electron chi connectivity index (χ0n) is 16.0. The van der Waals surface area contributed by atoms with E-state index in [0.717, 1.165) is 0 Å². The molecule has 0 aliphatic carbocycles. The Hall–Kier alpha value is -3.42. The van der Waals surface area contributed by atoms with Crippen LogP contribution < -0.4 is 24.3 Å². The molecule has 2 aromatic rings. The second-order valence-electron chi connectivity index (χ2n) is 5.47. The van der Waals surface area contributed by atoms with Crippen molar-refractivity contribution in [3.05, 3.63) is 42.5 Å².